The maximum absolute atomic E-state index is 11.7. The van der Waals surface area contributed by atoms with Gasteiger partial charge in [0.05, 0.1) is 14.2 Å². The summed E-state index contributed by atoms with van der Waals surface area (Å²) in [6, 6.07) is 0. The van der Waals surface area contributed by atoms with Crippen LogP contribution in [0.1, 0.15) is 0 Å². The maximum Gasteiger partial charge on any atom is 0.371 e. The van der Waals surface area contributed by atoms with Gasteiger partial charge in [-0.3, -0.25) is 4.57 Å². The summed E-state index contributed by atoms with van der Waals surface area (Å²) < 4.78 is 29.9. The third-order valence-corrected chi connectivity index (χ3v) is 3.24. The average Bonchev–Trinajstić information content (AvgIpc) is 2.23. The van der Waals surface area contributed by atoms with Crippen molar-refractivity contribution >= 4 is 13.6 Å². The van der Waals surface area contributed by atoms with E-state index in [0.29, 0.717) is 0 Å². The average molecular weight is 224 g/mol. The molecule has 0 amide bonds. The Morgan fingerprint density at radius 3 is 1.93 bits per heavy atom. The lowest BCUT2D eigenvalue weighted by Gasteiger charge is -2.14. The summed E-state index contributed by atoms with van der Waals surface area (Å²) >= 11 is 0. The van der Waals surface area contributed by atoms with E-state index in [1.165, 1.54) is 7.11 Å². The number of methoxy groups -OCH3 is 2. The second-order valence-corrected chi connectivity index (χ2v) is 4.30. The number of hydrogen-bond donors (Lipinski definition) is 0. The lowest BCUT2D eigenvalue weighted by Crippen LogP contribution is -2.08. The van der Waals surface area contributed by atoms with E-state index in [1.807, 2.05) is 0 Å². The SMILES string of the molecule is COC=C(C(=O)OC)P(=O)(OC)OC. The Bertz CT molecular complexity index is 263. The molecule has 6 nitrogen and oxygen atoms in total. The van der Waals surface area contributed by atoms with Gasteiger partial charge in [-0.2, -0.15) is 0 Å². The standard InChI is InChI=1S/C7H13O6P/c1-10-5-6(7(8)11-2)14(9,12-3)13-4/h5H,1-4H3. The summed E-state index contributed by atoms with van der Waals surface area (Å²) in [5.74, 6) is -0.820. The Hall–Kier alpha value is -0.840. The highest BCUT2D eigenvalue weighted by atomic mass is 31.2. The molecule has 0 aliphatic heterocycles. The Labute approximate surface area is 82.3 Å². The fraction of sp³-hybridized carbons (Fsp3) is 0.571. The van der Waals surface area contributed by atoms with Crippen molar-refractivity contribution in [2.75, 3.05) is 28.4 Å². The van der Waals surface area contributed by atoms with Crippen LogP contribution in [0.2, 0.25) is 0 Å². The Balaban J connectivity index is 5.10. The zero-order chi connectivity index (χ0) is 11.2. The van der Waals surface area contributed by atoms with E-state index < -0.39 is 13.6 Å². The van der Waals surface area contributed by atoms with Crippen molar-refractivity contribution in [3.05, 3.63) is 11.6 Å². The van der Waals surface area contributed by atoms with Gasteiger partial charge < -0.3 is 18.5 Å². The highest BCUT2D eigenvalue weighted by Gasteiger charge is 2.34. The molecule has 0 unspecified atom stereocenters. The Morgan fingerprint density at radius 1 is 1.14 bits per heavy atom. The maximum atomic E-state index is 11.7. The van der Waals surface area contributed by atoms with Crippen LogP contribution in [0.3, 0.4) is 0 Å². The van der Waals surface area contributed by atoms with Crippen LogP contribution in [0.5, 0.6) is 0 Å². The minimum Gasteiger partial charge on any atom is -0.503 e. The highest BCUT2D eigenvalue weighted by Crippen LogP contribution is 2.54. The van der Waals surface area contributed by atoms with E-state index in [2.05, 4.69) is 18.5 Å². The number of carbonyl (C=O) groups excluding carboxylic acids is 1. The van der Waals surface area contributed by atoms with Crippen molar-refractivity contribution in [2.24, 2.45) is 0 Å². The molecule has 0 aliphatic carbocycles. The minimum absolute atomic E-state index is 0.285. The molecule has 0 saturated carbocycles. The van der Waals surface area contributed by atoms with Crippen molar-refractivity contribution in [1.29, 1.82) is 0 Å². The predicted octanol–water partition coefficient (Wildman–Crippen LogP) is 1.13. The van der Waals surface area contributed by atoms with E-state index in [9.17, 15) is 9.36 Å². The van der Waals surface area contributed by atoms with Crippen molar-refractivity contribution in [3.63, 3.8) is 0 Å². The molecule has 7 heteroatoms. The molecule has 0 spiro atoms. The van der Waals surface area contributed by atoms with Crippen molar-refractivity contribution < 1.29 is 27.9 Å². The summed E-state index contributed by atoms with van der Waals surface area (Å²) in [6.07, 6.45) is 0.972. The number of esters is 1. The molecule has 0 atom stereocenters. The van der Waals surface area contributed by atoms with Crippen molar-refractivity contribution in [2.45, 2.75) is 0 Å². The first kappa shape index (κ1) is 13.2. The second-order valence-electron chi connectivity index (χ2n) is 2.09. The Morgan fingerprint density at radius 2 is 1.64 bits per heavy atom. The van der Waals surface area contributed by atoms with Gasteiger partial charge >= 0.3 is 13.6 Å². The minimum atomic E-state index is -3.62. The van der Waals surface area contributed by atoms with E-state index in [0.717, 1.165) is 27.6 Å². The third kappa shape index (κ3) is 2.83. The summed E-state index contributed by atoms with van der Waals surface area (Å²) in [5, 5.41) is -0.285. The van der Waals surface area contributed by atoms with Gasteiger partial charge in [-0.05, 0) is 0 Å². The molecule has 0 aromatic carbocycles. The molecule has 0 rings (SSSR count). The fourth-order valence-electron chi connectivity index (χ4n) is 0.712. The quantitative estimate of drug-likeness (QED) is 0.302. The Kier molecular flexibility index (Phi) is 5.45. The lowest BCUT2D eigenvalue weighted by atomic mass is 10.6. The van der Waals surface area contributed by atoms with Crippen LogP contribution in [0, 0.1) is 0 Å². The van der Waals surface area contributed by atoms with Gasteiger partial charge in [-0.25, -0.2) is 4.79 Å². The molecule has 0 bridgehead atoms. The molecule has 0 heterocycles. The molecule has 0 saturated heterocycles. The van der Waals surface area contributed by atoms with Crippen LogP contribution in [0.15, 0.2) is 11.6 Å². The van der Waals surface area contributed by atoms with Crippen LogP contribution in [-0.2, 0) is 27.9 Å². The van der Waals surface area contributed by atoms with Gasteiger partial charge in [0, 0.05) is 14.2 Å². The van der Waals surface area contributed by atoms with Crippen molar-refractivity contribution in [3.8, 4) is 0 Å². The predicted molar refractivity (Wildman–Crippen MR) is 48.7 cm³/mol. The normalized spacial score (nSPS) is 12.4. The van der Waals surface area contributed by atoms with Crippen LogP contribution in [-0.4, -0.2) is 34.4 Å². The molecule has 0 aromatic rings. The van der Waals surface area contributed by atoms with E-state index in [-0.39, 0.29) is 5.31 Å². The topological polar surface area (TPSA) is 71.1 Å². The van der Waals surface area contributed by atoms with E-state index >= 15 is 0 Å². The first-order chi connectivity index (χ1) is 6.55. The van der Waals surface area contributed by atoms with Gasteiger partial charge in [-0.15, -0.1) is 0 Å². The summed E-state index contributed by atoms with van der Waals surface area (Å²) in [4.78, 5) is 11.2. The molecule has 14 heavy (non-hydrogen) atoms. The number of ether oxygens (including phenoxy) is 2. The molecule has 0 fully saturated rings. The van der Waals surface area contributed by atoms with Gasteiger partial charge in [0.15, 0.2) is 5.31 Å². The summed E-state index contributed by atoms with van der Waals surface area (Å²) in [6.45, 7) is 0. The molecule has 0 aliphatic rings. The first-order valence-electron chi connectivity index (χ1n) is 3.59. The molecule has 82 valence electrons. The van der Waals surface area contributed by atoms with Gasteiger partial charge in [-0.1, -0.05) is 0 Å². The summed E-state index contributed by atoms with van der Waals surface area (Å²) in [5.41, 5.74) is 0. The summed E-state index contributed by atoms with van der Waals surface area (Å²) in [7, 11) is 1.17. The molecule has 0 aromatic heterocycles. The highest BCUT2D eigenvalue weighted by molar-refractivity contribution is 7.59. The van der Waals surface area contributed by atoms with Gasteiger partial charge in [0.1, 0.15) is 6.26 Å². The molecular formula is C7H13O6P. The van der Waals surface area contributed by atoms with Gasteiger partial charge in [0.2, 0.25) is 0 Å². The van der Waals surface area contributed by atoms with E-state index in [4.69, 9.17) is 0 Å². The monoisotopic (exact) mass is 224 g/mol. The van der Waals surface area contributed by atoms with Crippen LogP contribution in [0.4, 0.5) is 0 Å². The fourth-order valence-corrected chi connectivity index (χ4v) is 1.80. The van der Waals surface area contributed by atoms with Crippen LogP contribution in [0.25, 0.3) is 0 Å². The number of carbonyl (C=O) groups is 1. The first-order valence-corrected chi connectivity index (χ1v) is 5.13. The largest absolute Gasteiger partial charge is 0.503 e. The molecular weight excluding hydrogens is 211 g/mol. The lowest BCUT2D eigenvalue weighted by molar-refractivity contribution is -0.135. The number of rotatable bonds is 5. The number of hydrogen-bond acceptors (Lipinski definition) is 6. The smallest absolute Gasteiger partial charge is 0.371 e. The zero-order valence-electron chi connectivity index (χ0n) is 8.47. The van der Waals surface area contributed by atoms with Crippen LogP contribution < -0.4 is 0 Å². The van der Waals surface area contributed by atoms with Gasteiger partial charge in [0.25, 0.3) is 0 Å². The van der Waals surface area contributed by atoms with E-state index in [1.54, 1.807) is 0 Å². The van der Waals surface area contributed by atoms with Crippen molar-refractivity contribution in [1.82, 2.24) is 0 Å². The third-order valence-electron chi connectivity index (χ3n) is 1.40. The second kappa shape index (κ2) is 5.80. The molecule has 0 N–H and O–H groups in total. The zero-order valence-corrected chi connectivity index (χ0v) is 9.37. The van der Waals surface area contributed by atoms with Crippen LogP contribution >= 0.6 is 7.60 Å². The molecule has 0 radical (unpaired) electrons.